The molecule has 0 unspecified atom stereocenters. The number of nitrogens with zero attached hydrogens (tertiary/aromatic N) is 1. The SMILES string of the molecule is CC(C)N1CCCC[C@H]1CN[C@@H](C)CS(C)(=O)=O. The van der Waals surface area contributed by atoms with Gasteiger partial charge in [-0.2, -0.15) is 0 Å². The summed E-state index contributed by atoms with van der Waals surface area (Å²) in [6.07, 6.45) is 5.09. The molecule has 0 amide bonds. The Balaban J connectivity index is 2.41. The number of hydrogen-bond acceptors (Lipinski definition) is 4. The van der Waals surface area contributed by atoms with Crippen LogP contribution < -0.4 is 5.32 Å². The van der Waals surface area contributed by atoms with Crippen molar-refractivity contribution in [1.82, 2.24) is 10.2 Å². The van der Waals surface area contributed by atoms with Crippen molar-refractivity contribution < 1.29 is 8.42 Å². The van der Waals surface area contributed by atoms with Gasteiger partial charge in [-0.25, -0.2) is 8.42 Å². The number of piperidine rings is 1. The van der Waals surface area contributed by atoms with Gasteiger partial charge in [-0.1, -0.05) is 6.42 Å². The van der Waals surface area contributed by atoms with Crippen molar-refractivity contribution in [2.45, 2.75) is 58.2 Å². The Morgan fingerprint density at radius 3 is 2.50 bits per heavy atom. The summed E-state index contributed by atoms with van der Waals surface area (Å²) < 4.78 is 22.4. The van der Waals surface area contributed by atoms with Gasteiger partial charge in [0.1, 0.15) is 9.84 Å². The fourth-order valence-corrected chi connectivity index (χ4v) is 3.80. The third-order valence-electron chi connectivity index (χ3n) is 3.59. The summed E-state index contributed by atoms with van der Waals surface area (Å²) in [5, 5.41) is 3.37. The lowest BCUT2D eigenvalue weighted by Crippen LogP contribution is -2.50. The molecule has 1 aliphatic heterocycles. The van der Waals surface area contributed by atoms with E-state index in [-0.39, 0.29) is 11.8 Å². The second kappa shape index (κ2) is 6.87. The molecule has 108 valence electrons. The largest absolute Gasteiger partial charge is 0.312 e. The maximum atomic E-state index is 11.2. The van der Waals surface area contributed by atoms with Gasteiger partial charge < -0.3 is 5.32 Å². The first kappa shape index (κ1) is 15.9. The summed E-state index contributed by atoms with van der Waals surface area (Å²) in [5.74, 6) is 0.224. The maximum absolute atomic E-state index is 11.2. The summed E-state index contributed by atoms with van der Waals surface area (Å²) in [7, 11) is -2.88. The number of likely N-dealkylation sites (tertiary alicyclic amines) is 1. The Morgan fingerprint density at radius 2 is 1.94 bits per heavy atom. The molecule has 0 spiro atoms. The fraction of sp³-hybridized carbons (Fsp3) is 1.00. The summed E-state index contributed by atoms with van der Waals surface area (Å²) in [5.41, 5.74) is 0. The number of sulfone groups is 1. The lowest BCUT2D eigenvalue weighted by molar-refractivity contribution is 0.109. The van der Waals surface area contributed by atoms with Crippen molar-refractivity contribution in [2.75, 3.05) is 25.1 Å². The molecule has 1 heterocycles. The van der Waals surface area contributed by atoms with Gasteiger partial charge in [0.15, 0.2) is 0 Å². The van der Waals surface area contributed by atoms with Crippen LogP contribution in [0.4, 0.5) is 0 Å². The summed E-state index contributed by atoms with van der Waals surface area (Å²) >= 11 is 0. The van der Waals surface area contributed by atoms with E-state index in [4.69, 9.17) is 0 Å². The van der Waals surface area contributed by atoms with Gasteiger partial charge in [-0.05, 0) is 40.2 Å². The minimum Gasteiger partial charge on any atom is -0.312 e. The van der Waals surface area contributed by atoms with Crippen LogP contribution in [0.15, 0.2) is 0 Å². The standard InChI is InChI=1S/C13H28N2O2S/c1-11(2)15-8-6-5-7-13(15)9-14-12(3)10-18(4,16)17/h11-14H,5-10H2,1-4H3/t12-,13-/m0/s1. The van der Waals surface area contributed by atoms with E-state index in [0.717, 1.165) is 6.54 Å². The molecule has 0 aromatic rings. The molecule has 1 aliphatic rings. The second-order valence-corrected chi connectivity index (χ2v) is 8.07. The molecule has 4 nitrogen and oxygen atoms in total. The Labute approximate surface area is 112 Å². The normalized spacial score (nSPS) is 24.4. The Morgan fingerprint density at radius 1 is 1.28 bits per heavy atom. The van der Waals surface area contributed by atoms with Gasteiger partial charge in [0.25, 0.3) is 0 Å². The molecule has 5 heteroatoms. The van der Waals surface area contributed by atoms with Gasteiger partial charge >= 0.3 is 0 Å². The zero-order valence-electron chi connectivity index (χ0n) is 12.1. The molecule has 0 aromatic heterocycles. The van der Waals surface area contributed by atoms with Crippen molar-refractivity contribution >= 4 is 9.84 Å². The van der Waals surface area contributed by atoms with Crippen LogP contribution in [0.25, 0.3) is 0 Å². The summed E-state index contributed by atoms with van der Waals surface area (Å²) in [4.78, 5) is 2.53. The topological polar surface area (TPSA) is 49.4 Å². The fourth-order valence-electron chi connectivity index (χ4n) is 2.77. The molecule has 18 heavy (non-hydrogen) atoms. The number of nitrogens with one attached hydrogen (secondary N) is 1. The summed E-state index contributed by atoms with van der Waals surface area (Å²) in [6.45, 7) is 8.49. The average Bonchev–Trinajstić information content (AvgIpc) is 2.24. The van der Waals surface area contributed by atoms with Crippen LogP contribution in [0.2, 0.25) is 0 Å². The molecule has 0 aliphatic carbocycles. The van der Waals surface area contributed by atoms with E-state index >= 15 is 0 Å². The van der Waals surface area contributed by atoms with Crippen LogP contribution in [0.3, 0.4) is 0 Å². The van der Waals surface area contributed by atoms with E-state index in [2.05, 4.69) is 24.1 Å². The van der Waals surface area contributed by atoms with Crippen molar-refractivity contribution in [3.05, 3.63) is 0 Å². The van der Waals surface area contributed by atoms with E-state index in [1.54, 1.807) is 0 Å². The van der Waals surface area contributed by atoms with Gasteiger partial charge in [0.05, 0.1) is 5.75 Å². The predicted octanol–water partition coefficient (Wildman–Crippen LogP) is 1.27. The van der Waals surface area contributed by atoms with E-state index in [0.29, 0.717) is 12.1 Å². The Bertz CT molecular complexity index is 341. The number of rotatable bonds is 6. The molecular weight excluding hydrogens is 248 g/mol. The van der Waals surface area contributed by atoms with E-state index in [1.807, 2.05) is 6.92 Å². The first-order valence-electron chi connectivity index (χ1n) is 6.96. The molecule has 0 bridgehead atoms. The van der Waals surface area contributed by atoms with Crippen molar-refractivity contribution in [1.29, 1.82) is 0 Å². The average molecular weight is 276 g/mol. The van der Waals surface area contributed by atoms with Crippen LogP contribution >= 0.6 is 0 Å². The van der Waals surface area contributed by atoms with E-state index < -0.39 is 9.84 Å². The van der Waals surface area contributed by atoms with Crippen LogP contribution in [-0.2, 0) is 9.84 Å². The van der Waals surface area contributed by atoms with Crippen LogP contribution in [0.5, 0.6) is 0 Å². The molecule has 1 saturated heterocycles. The molecule has 0 saturated carbocycles. The zero-order chi connectivity index (χ0) is 13.8. The molecule has 1 fully saturated rings. The zero-order valence-corrected chi connectivity index (χ0v) is 13.0. The second-order valence-electron chi connectivity index (χ2n) is 5.88. The highest BCUT2D eigenvalue weighted by Crippen LogP contribution is 2.18. The molecule has 1 rings (SSSR count). The molecular formula is C13H28N2O2S. The minimum absolute atomic E-state index is 0.0379. The van der Waals surface area contributed by atoms with Gasteiger partial charge in [0.2, 0.25) is 0 Å². The lowest BCUT2D eigenvalue weighted by Gasteiger charge is -2.39. The first-order chi connectivity index (χ1) is 8.29. The van der Waals surface area contributed by atoms with E-state index in [9.17, 15) is 8.42 Å². The Kier molecular flexibility index (Phi) is 6.08. The Hall–Kier alpha value is -0.130. The first-order valence-corrected chi connectivity index (χ1v) is 9.02. The van der Waals surface area contributed by atoms with Gasteiger partial charge in [-0.3, -0.25) is 4.90 Å². The van der Waals surface area contributed by atoms with Crippen molar-refractivity contribution in [2.24, 2.45) is 0 Å². The monoisotopic (exact) mass is 276 g/mol. The van der Waals surface area contributed by atoms with Gasteiger partial charge in [-0.15, -0.1) is 0 Å². The smallest absolute Gasteiger partial charge is 0.148 e. The predicted molar refractivity (Wildman–Crippen MR) is 76.7 cm³/mol. The van der Waals surface area contributed by atoms with Crippen LogP contribution in [-0.4, -0.2) is 56.5 Å². The molecule has 0 radical (unpaired) electrons. The molecule has 1 N–H and O–H groups in total. The van der Waals surface area contributed by atoms with E-state index in [1.165, 1.54) is 32.1 Å². The maximum Gasteiger partial charge on any atom is 0.148 e. The van der Waals surface area contributed by atoms with Crippen molar-refractivity contribution in [3.8, 4) is 0 Å². The third kappa shape index (κ3) is 5.67. The van der Waals surface area contributed by atoms with Gasteiger partial charge in [0, 0.05) is 30.9 Å². The molecule has 2 atom stereocenters. The molecule has 0 aromatic carbocycles. The lowest BCUT2D eigenvalue weighted by atomic mass is 10.00. The quantitative estimate of drug-likeness (QED) is 0.794. The number of hydrogen-bond donors (Lipinski definition) is 1. The van der Waals surface area contributed by atoms with Crippen LogP contribution in [0, 0.1) is 0 Å². The third-order valence-corrected chi connectivity index (χ3v) is 4.70. The minimum atomic E-state index is -2.88. The highest BCUT2D eigenvalue weighted by atomic mass is 32.2. The highest BCUT2D eigenvalue weighted by molar-refractivity contribution is 7.90. The van der Waals surface area contributed by atoms with Crippen molar-refractivity contribution in [3.63, 3.8) is 0 Å². The van der Waals surface area contributed by atoms with Crippen LogP contribution in [0.1, 0.15) is 40.0 Å². The summed E-state index contributed by atoms with van der Waals surface area (Å²) in [6, 6.07) is 1.17. The highest BCUT2D eigenvalue weighted by Gasteiger charge is 2.24.